The third-order valence-corrected chi connectivity index (χ3v) is 5.74. The van der Waals surface area contributed by atoms with Crippen LogP contribution in [-0.4, -0.2) is 10.9 Å². The molecule has 1 aliphatic heterocycles. The predicted octanol–water partition coefficient (Wildman–Crippen LogP) is 5.34. The van der Waals surface area contributed by atoms with Gasteiger partial charge >= 0.3 is 5.97 Å². The second kappa shape index (κ2) is 8.82. The summed E-state index contributed by atoms with van der Waals surface area (Å²) >= 11 is 12.2. The SMILES string of the molecule is N#CC1=C(N)Oc2cc(OC(=O)c3ccccc3[N+](=O)[O-])ccc2C1c1ccc(Cl)c(Cl)c1. The Morgan fingerprint density at radius 2 is 1.88 bits per heavy atom. The van der Waals surface area contributed by atoms with Crippen LogP contribution in [0.15, 0.2) is 72.1 Å². The number of carbonyl (C=O) groups excluding carboxylic acids is 1. The van der Waals surface area contributed by atoms with E-state index >= 15 is 0 Å². The number of fused-ring (bicyclic) bond motifs is 1. The zero-order chi connectivity index (χ0) is 23.7. The number of nitro benzene ring substituents is 1. The van der Waals surface area contributed by atoms with Gasteiger partial charge < -0.3 is 15.2 Å². The molecule has 0 saturated carbocycles. The lowest BCUT2D eigenvalue weighted by Gasteiger charge is -2.27. The molecule has 1 heterocycles. The van der Waals surface area contributed by atoms with Gasteiger partial charge in [0.2, 0.25) is 5.88 Å². The first-order valence-electron chi connectivity index (χ1n) is 9.42. The maximum absolute atomic E-state index is 12.6. The molecule has 0 radical (unpaired) electrons. The largest absolute Gasteiger partial charge is 0.440 e. The highest BCUT2D eigenvalue weighted by molar-refractivity contribution is 6.42. The van der Waals surface area contributed by atoms with E-state index in [0.717, 1.165) is 0 Å². The Hall–Kier alpha value is -4.06. The van der Waals surface area contributed by atoms with Gasteiger partial charge in [-0.1, -0.05) is 47.5 Å². The Balaban J connectivity index is 1.71. The molecule has 8 nitrogen and oxygen atoms in total. The average molecular weight is 482 g/mol. The standard InChI is InChI=1S/C23H13Cl2N3O5/c24-17-8-5-12(9-18(17)25)21-15-7-6-13(10-20(15)33-22(27)16(21)11-26)32-23(29)14-3-1-2-4-19(14)28(30)31/h1-10,21H,27H2. The molecule has 3 aromatic carbocycles. The number of rotatable bonds is 4. The van der Waals surface area contributed by atoms with Crippen LogP contribution in [0.5, 0.6) is 11.5 Å². The van der Waals surface area contributed by atoms with Gasteiger partial charge in [-0.05, 0) is 29.8 Å². The summed E-state index contributed by atoms with van der Waals surface area (Å²) in [5, 5.41) is 21.5. The van der Waals surface area contributed by atoms with Crippen molar-refractivity contribution in [1.82, 2.24) is 0 Å². The monoisotopic (exact) mass is 481 g/mol. The Morgan fingerprint density at radius 3 is 2.58 bits per heavy atom. The molecule has 1 atom stereocenters. The van der Waals surface area contributed by atoms with Crippen molar-refractivity contribution in [3.8, 4) is 17.6 Å². The van der Waals surface area contributed by atoms with Crippen molar-refractivity contribution >= 4 is 34.9 Å². The van der Waals surface area contributed by atoms with Gasteiger partial charge in [0.05, 0.1) is 20.9 Å². The van der Waals surface area contributed by atoms with Crippen LogP contribution in [0.3, 0.4) is 0 Å². The van der Waals surface area contributed by atoms with Crippen molar-refractivity contribution in [2.75, 3.05) is 0 Å². The molecule has 4 rings (SSSR count). The van der Waals surface area contributed by atoms with Gasteiger partial charge in [0.1, 0.15) is 28.7 Å². The molecule has 0 bridgehead atoms. The summed E-state index contributed by atoms with van der Waals surface area (Å²) in [6, 6.07) is 17.0. The highest BCUT2D eigenvalue weighted by atomic mass is 35.5. The number of nitrogens with two attached hydrogens (primary N) is 1. The van der Waals surface area contributed by atoms with Crippen molar-refractivity contribution in [3.05, 3.63) is 109 Å². The molecule has 164 valence electrons. The smallest absolute Gasteiger partial charge is 0.350 e. The van der Waals surface area contributed by atoms with Gasteiger partial charge in [0.25, 0.3) is 5.69 Å². The maximum atomic E-state index is 12.6. The molecular weight excluding hydrogens is 469 g/mol. The van der Waals surface area contributed by atoms with E-state index < -0.39 is 16.8 Å². The number of para-hydroxylation sites is 1. The number of hydrogen-bond donors (Lipinski definition) is 1. The van der Waals surface area contributed by atoms with E-state index in [2.05, 4.69) is 6.07 Å². The van der Waals surface area contributed by atoms with Crippen LogP contribution in [0.1, 0.15) is 27.4 Å². The Bertz CT molecular complexity index is 1380. The highest BCUT2D eigenvalue weighted by Crippen LogP contribution is 2.44. The van der Waals surface area contributed by atoms with E-state index in [9.17, 15) is 20.2 Å². The summed E-state index contributed by atoms with van der Waals surface area (Å²) in [4.78, 5) is 23.1. The van der Waals surface area contributed by atoms with Crippen molar-refractivity contribution in [1.29, 1.82) is 5.26 Å². The molecule has 33 heavy (non-hydrogen) atoms. The molecule has 10 heteroatoms. The molecule has 0 fully saturated rings. The molecule has 3 aromatic rings. The first kappa shape index (κ1) is 22.1. The van der Waals surface area contributed by atoms with E-state index in [-0.39, 0.29) is 34.2 Å². The van der Waals surface area contributed by atoms with Gasteiger partial charge in [-0.2, -0.15) is 5.26 Å². The number of nitrogens with zero attached hydrogens (tertiary/aromatic N) is 2. The van der Waals surface area contributed by atoms with E-state index in [4.69, 9.17) is 38.4 Å². The number of carbonyl (C=O) groups is 1. The molecule has 1 aliphatic rings. The summed E-state index contributed by atoms with van der Waals surface area (Å²) in [5.74, 6) is -1.26. The van der Waals surface area contributed by atoms with Crippen LogP contribution in [0, 0.1) is 21.4 Å². The van der Waals surface area contributed by atoms with E-state index in [1.165, 1.54) is 36.4 Å². The van der Waals surface area contributed by atoms with Gasteiger partial charge in [0.15, 0.2) is 0 Å². The number of esters is 1. The summed E-state index contributed by atoms with van der Waals surface area (Å²) < 4.78 is 10.9. The molecule has 0 amide bonds. The number of halogens is 2. The van der Waals surface area contributed by atoms with Crippen molar-refractivity contribution in [2.24, 2.45) is 5.73 Å². The normalized spacial score (nSPS) is 14.6. The summed E-state index contributed by atoms with van der Waals surface area (Å²) in [7, 11) is 0. The zero-order valence-electron chi connectivity index (χ0n) is 16.6. The number of allylic oxidation sites excluding steroid dienone is 1. The number of nitro groups is 1. The third-order valence-electron chi connectivity index (χ3n) is 5.00. The fraction of sp³-hybridized carbons (Fsp3) is 0.0435. The molecule has 0 saturated heterocycles. The van der Waals surface area contributed by atoms with Crippen molar-refractivity contribution in [3.63, 3.8) is 0 Å². The topological polar surface area (TPSA) is 128 Å². The van der Waals surface area contributed by atoms with E-state index in [1.807, 2.05) is 0 Å². The van der Waals surface area contributed by atoms with Crippen LogP contribution in [0.2, 0.25) is 10.0 Å². The minimum atomic E-state index is -0.902. The second-order valence-corrected chi connectivity index (χ2v) is 7.78. The molecule has 2 N–H and O–H groups in total. The van der Waals surface area contributed by atoms with Gasteiger partial charge in [0, 0.05) is 17.7 Å². The molecule has 0 spiro atoms. The van der Waals surface area contributed by atoms with Crippen LogP contribution in [0.25, 0.3) is 0 Å². The lowest BCUT2D eigenvalue weighted by molar-refractivity contribution is -0.385. The number of nitriles is 1. The number of ether oxygens (including phenoxy) is 2. The molecule has 1 unspecified atom stereocenters. The van der Waals surface area contributed by atoms with Gasteiger partial charge in [-0.25, -0.2) is 4.79 Å². The highest BCUT2D eigenvalue weighted by Gasteiger charge is 2.31. The Labute approximate surface area is 197 Å². The fourth-order valence-electron chi connectivity index (χ4n) is 3.50. The Kier molecular flexibility index (Phi) is 5.92. The third kappa shape index (κ3) is 4.20. The summed E-state index contributed by atoms with van der Waals surface area (Å²) in [6.07, 6.45) is 0. The zero-order valence-corrected chi connectivity index (χ0v) is 18.1. The minimum absolute atomic E-state index is 0.0815. The van der Waals surface area contributed by atoms with Gasteiger partial charge in [-0.15, -0.1) is 0 Å². The molecular formula is C23H13Cl2N3O5. The average Bonchev–Trinajstić information content (AvgIpc) is 2.79. The number of hydrogen-bond acceptors (Lipinski definition) is 7. The lowest BCUT2D eigenvalue weighted by Crippen LogP contribution is -2.21. The first-order chi connectivity index (χ1) is 15.8. The Morgan fingerprint density at radius 1 is 1.12 bits per heavy atom. The summed E-state index contributed by atoms with van der Waals surface area (Å²) in [5.41, 5.74) is 6.86. The van der Waals surface area contributed by atoms with Gasteiger partial charge in [-0.3, -0.25) is 10.1 Å². The number of benzene rings is 3. The van der Waals surface area contributed by atoms with Crippen LogP contribution < -0.4 is 15.2 Å². The maximum Gasteiger partial charge on any atom is 0.350 e. The van der Waals surface area contributed by atoms with Crippen LogP contribution in [0.4, 0.5) is 5.69 Å². The van der Waals surface area contributed by atoms with E-state index in [1.54, 1.807) is 24.3 Å². The van der Waals surface area contributed by atoms with Crippen molar-refractivity contribution in [2.45, 2.75) is 5.92 Å². The molecule has 0 aliphatic carbocycles. The van der Waals surface area contributed by atoms with Crippen molar-refractivity contribution < 1.29 is 19.2 Å². The second-order valence-electron chi connectivity index (χ2n) is 6.96. The summed E-state index contributed by atoms with van der Waals surface area (Å²) in [6.45, 7) is 0. The first-order valence-corrected chi connectivity index (χ1v) is 10.2. The lowest BCUT2D eigenvalue weighted by atomic mass is 9.83. The fourth-order valence-corrected chi connectivity index (χ4v) is 3.81. The van der Waals surface area contributed by atoms with Crippen LogP contribution >= 0.6 is 23.2 Å². The minimum Gasteiger partial charge on any atom is -0.440 e. The predicted molar refractivity (Wildman–Crippen MR) is 120 cm³/mol. The van der Waals surface area contributed by atoms with E-state index in [0.29, 0.717) is 21.2 Å². The van der Waals surface area contributed by atoms with Crippen LogP contribution in [-0.2, 0) is 0 Å². The quantitative estimate of drug-likeness (QED) is 0.230. The molecule has 0 aromatic heterocycles.